The second-order valence-corrected chi connectivity index (χ2v) is 13.0. The molecule has 0 aliphatic carbocycles. The summed E-state index contributed by atoms with van der Waals surface area (Å²) in [6.45, 7) is 8.39. The molecule has 0 amide bonds. The number of rotatable bonds is 2. The van der Waals surface area contributed by atoms with Gasteiger partial charge in [-0.1, -0.05) is 48.5 Å². The Kier molecular flexibility index (Phi) is 13.2. The predicted octanol–water partition coefficient (Wildman–Crippen LogP) is 1.07. The van der Waals surface area contributed by atoms with Crippen LogP contribution in [0.3, 0.4) is 0 Å². The van der Waals surface area contributed by atoms with Crippen LogP contribution in [-0.4, -0.2) is 21.8 Å². The van der Waals surface area contributed by atoms with Crippen LogP contribution in [0.1, 0.15) is 54.5 Å². The Morgan fingerprint density at radius 1 is 0.521 bits per heavy atom. The Labute approximate surface area is 324 Å². The first-order valence-corrected chi connectivity index (χ1v) is 15.8. The van der Waals surface area contributed by atoms with Gasteiger partial charge in [0.2, 0.25) is 0 Å². The number of nitrogens with zero attached hydrogens (tertiary/aromatic N) is 4. The Hall–Kier alpha value is -3.09. The zero-order valence-corrected chi connectivity index (χ0v) is 35.8. The van der Waals surface area contributed by atoms with Crippen LogP contribution >= 0.6 is 22.7 Å². The number of thiazole rings is 2. The van der Waals surface area contributed by atoms with E-state index in [1.54, 1.807) is 22.7 Å². The molecule has 6 aromatic rings. The van der Waals surface area contributed by atoms with Gasteiger partial charge in [0.1, 0.15) is 10.0 Å². The number of fused-ring (bicyclic) bond motifs is 4. The van der Waals surface area contributed by atoms with Gasteiger partial charge in [-0.2, -0.15) is 0 Å². The molecule has 0 saturated carbocycles. The zero-order valence-electron chi connectivity index (χ0n) is 26.7. The summed E-state index contributed by atoms with van der Waals surface area (Å²) in [7, 11) is 0. The summed E-state index contributed by atoms with van der Waals surface area (Å²) in [5.74, 6) is -0.343. The molecule has 0 spiro atoms. The number of hydrogen-bond acceptors (Lipinski definition) is 8. The summed E-state index contributed by atoms with van der Waals surface area (Å²) in [6, 6.07) is 23.6. The third kappa shape index (κ3) is 7.70. The number of aryl methyl sites for hydroxylation is 4. The number of hydrogen-bond donors (Lipinski definition) is 0. The van der Waals surface area contributed by atoms with Gasteiger partial charge in [0.25, 0.3) is 0 Å². The Morgan fingerprint density at radius 3 is 1.23 bits per heavy atom. The number of aliphatic imine (C=N–C) groups is 2. The van der Waals surface area contributed by atoms with Crippen molar-refractivity contribution in [2.24, 2.45) is 9.98 Å². The fourth-order valence-corrected chi connectivity index (χ4v) is 7.19. The van der Waals surface area contributed by atoms with E-state index < -0.39 is 0 Å². The second-order valence-electron chi connectivity index (χ2n) is 10.9. The SMILES string of the molecule is Cc1cc2nc(/C=C3\N=C([O-])c4ccccc43)sc2cc1C.Cc1cc2nc(/C=C3\N=C([O-])c4ccccc43)sc2cc1C.[Cl-].[Cl-].[Zn+2].[Zn+2]. The van der Waals surface area contributed by atoms with Crippen molar-refractivity contribution in [2.45, 2.75) is 27.7 Å². The van der Waals surface area contributed by atoms with E-state index in [0.717, 1.165) is 41.6 Å². The van der Waals surface area contributed by atoms with E-state index >= 15 is 0 Å². The van der Waals surface area contributed by atoms with Crippen molar-refractivity contribution in [1.29, 1.82) is 0 Å². The maximum atomic E-state index is 11.9. The van der Waals surface area contributed by atoms with E-state index in [4.69, 9.17) is 0 Å². The molecule has 0 unspecified atom stereocenters. The normalized spacial score (nSPS) is 14.1. The van der Waals surface area contributed by atoms with Crippen LogP contribution in [0.25, 0.3) is 44.0 Å². The molecule has 0 N–H and O–H groups in total. The number of aromatic nitrogens is 2. The third-order valence-electron chi connectivity index (χ3n) is 7.87. The average molecular weight is 812 g/mol. The summed E-state index contributed by atoms with van der Waals surface area (Å²) < 4.78 is 2.32. The molecule has 4 aromatic carbocycles. The molecule has 12 heteroatoms. The van der Waals surface area contributed by atoms with E-state index in [0.29, 0.717) is 22.5 Å². The van der Waals surface area contributed by atoms with Gasteiger partial charge in [0, 0.05) is 23.3 Å². The van der Waals surface area contributed by atoms with Crippen molar-refractivity contribution < 1.29 is 74.0 Å². The van der Waals surface area contributed by atoms with Gasteiger partial charge in [0.15, 0.2) is 0 Å². The first-order chi connectivity index (χ1) is 21.2. The molecule has 2 aliphatic heterocycles. The Morgan fingerprint density at radius 2 is 0.854 bits per heavy atom. The summed E-state index contributed by atoms with van der Waals surface area (Å²) in [6.07, 6.45) is 3.80. The van der Waals surface area contributed by atoms with Crippen molar-refractivity contribution in [1.82, 2.24) is 9.97 Å². The first kappa shape index (κ1) is 39.3. The van der Waals surface area contributed by atoms with Gasteiger partial charge >= 0.3 is 39.0 Å². The Balaban J connectivity index is 0.000000240. The van der Waals surface area contributed by atoms with E-state index in [-0.39, 0.29) is 75.6 Å². The van der Waals surface area contributed by atoms with Crippen LogP contribution in [0.4, 0.5) is 0 Å². The molecule has 6 nitrogen and oxygen atoms in total. The quantitative estimate of drug-likeness (QED) is 0.245. The minimum atomic E-state index is -0.172. The van der Waals surface area contributed by atoms with Crippen LogP contribution in [0, 0.1) is 27.7 Å². The zero-order chi connectivity index (χ0) is 30.5. The smallest absolute Gasteiger partial charge is 1.00 e. The van der Waals surface area contributed by atoms with Crippen LogP contribution in [0.15, 0.2) is 82.8 Å². The van der Waals surface area contributed by atoms with Gasteiger partial charge in [-0.3, -0.25) is 9.98 Å². The first-order valence-electron chi connectivity index (χ1n) is 14.1. The molecule has 0 fully saturated rings. The largest absolute Gasteiger partial charge is 2.00 e. The number of halogens is 2. The molecule has 8 rings (SSSR count). The summed E-state index contributed by atoms with van der Waals surface area (Å²) in [5.41, 5.74) is 11.5. The van der Waals surface area contributed by atoms with Crippen molar-refractivity contribution in [2.75, 3.05) is 0 Å². The van der Waals surface area contributed by atoms with Crippen LogP contribution in [0.5, 0.6) is 0 Å². The minimum absolute atomic E-state index is 0. The fourth-order valence-electron chi connectivity index (χ4n) is 5.22. The topological polar surface area (TPSA) is 96.6 Å². The van der Waals surface area contributed by atoms with Crippen LogP contribution < -0.4 is 35.0 Å². The molecular formula is C36H26Cl2N4O2S2Zn2. The predicted molar refractivity (Wildman–Crippen MR) is 180 cm³/mol. The summed E-state index contributed by atoms with van der Waals surface area (Å²) >= 11 is 3.25. The summed E-state index contributed by atoms with van der Waals surface area (Å²) in [4.78, 5) is 17.6. The maximum Gasteiger partial charge on any atom is 2.00 e. The van der Waals surface area contributed by atoms with Crippen LogP contribution in [0.2, 0.25) is 0 Å². The molecule has 2 aliphatic rings. The fraction of sp³-hybridized carbons (Fsp3) is 0.111. The van der Waals surface area contributed by atoms with E-state index in [1.165, 1.54) is 22.3 Å². The van der Waals surface area contributed by atoms with Gasteiger partial charge < -0.3 is 35.0 Å². The van der Waals surface area contributed by atoms with Gasteiger partial charge in [-0.15, -0.1) is 22.7 Å². The molecule has 48 heavy (non-hydrogen) atoms. The van der Waals surface area contributed by atoms with Crippen molar-refractivity contribution >= 4 is 78.4 Å². The molecular weight excluding hydrogens is 786 g/mol. The average Bonchev–Trinajstić information content (AvgIpc) is 3.75. The molecule has 4 heterocycles. The Bertz CT molecular complexity index is 2040. The van der Waals surface area contributed by atoms with E-state index in [9.17, 15) is 10.2 Å². The van der Waals surface area contributed by atoms with Crippen molar-refractivity contribution in [3.8, 4) is 0 Å². The standard InChI is InChI=1S/2C18H14N2OS.2ClH.2Zn/c2*1-10-7-15-16(8-11(10)2)22-17(19-15)9-14-12-5-3-4-6-13(12)18(21)20-14;;;;/h2*3-9H,1-2H3,(H,20,21);2*1H;;/q;;;;2*+2/p-4/b2*14-9-;;;;. The monoisotopic (exact) mass is 808 g/mol. The molecule has 2 aromatic heterocycles. The molecule has 232 valence electrons. The molecule has 0 radical (unpaired) electrons. The van der Waals surface area contributed by atoms with Crippen molar-refractivity contribution in [3.05, 3.63) is 127 Å². The number of benzene rings is 4. The summed E-state index contributed by atoms with van der Waals surface area (Å²) in [5, 5.41) is 25.6. The third-order valence-corrected chi connectivity index (χ3v) is 9.80. The van der Waals surface area contributed by atoms with E-state index in [1.807, 2.05) is 60.7 Å². The maximum absolute atomic E-state index is 11.9. The molecule has 0 bridgehead atoms. The second kappa shape index (κ2) is 16.1. The van der Waals surface area contributed by atoms with Gasteiger partial charge in [-0.05, 0) is 97.1 Å². The molecule has 0 saturated heterocycles. The van der Waals surface area contributed by atoms with Crippen molar-refractivity contribution in [3.63, 3.8) is 0 Å². The molecule has 0 atom stereocenters. The van der Waals surface area contributed by atoms with Crippen LogP contribution in [-0.2, 0) is 39.0 Å². The minimum Gasteiger partial charge on any atom is -1.00 e. The van der Waals surface area contributed by atoms with E-state index in [2.05, 4.69) is 71.9 Å². The van der Waals surface area contributed by atoms with Gasteiger partial charge in [-0.25, -0.2) is 9.97 Å². The van der Waals surface area contributed by atoms with Gasteiger partial charge in [0.05, 0.1) is 31.8 Å².